The van der Waals surface area contributed by atoms with Crippen molar-refractivity contribution in [1.29, 1.82) is 0 Å². The molecule has 0 aliphatic heterocycles. The van der Waals surface area contributed by atoms with Gasteiger partial charge in [0.2, 0.25) is 5.91 Å². The van der Waals surface area contributed by atoms with Crippen LogP contribution >= 0.6 is 0 Å². The van der Waals surface area contributed by atoms with Gasteiger partial charge in [-0.3, -0.25) is 4.79 Å². The normalized spacial score (nSPS) is 11.9. The number of benzene rings is 1. The lowest BCUT2D eigenvalue weighted by atomic mass is 10.0. The van der Waals surface area contributed by atoms with Crippen LogP contribution in [0, 0.1) is 6.92 Å². The summed E-state index contributed by atoms with van der Waals surface area (Å²) in [6.07, 6.45) is 1.96. The fraction of sp³-hybridized carbons (Fsp3) is 0.333. The van der Waals surface area contributed by atoms with Crippen molar-refractivity contribution in [2.45, 2.75) is 32.9 Å². The molecule has 1 heterocycles. The highest BCUT2D eigenvalue weighted by Gasteiger charge is 2.13. The summed E-state index contributed by atoms with van der Waals surface area (Å²) in [4.78, 5) is 22.6. The molecule has 1 aromatic carbocycles. The van der Waals surface area contributed by atoms with E-state index in [0.717, 1.165) is 6.42 Å². The van der Waals surface area contributed by atoms with E-state index >= 15 is 0 Å². The molecule has 0 aliphatic carbocycles. The minimum absolute atomic E-state index is 0.0314. The third-order valence-electron chi connectivity index (χ3n) is 3.26. The molecule has 116 valence electrons. The van der Waals surface area contributed by atoms with Crippen LogP contribution in [-0.2, 0) is 17.8 Å². The van der Waals surface area contributed by atoms with Crippen LogP contribution in [-0.4, -0.2) is 38.0 Å². The molecule has 0 spiro atoms. The molecule has 7 nitrogen and oxygen atoms in total. The molecule has 1 atom stereocenters. The number of aromatic carboxylic acids is 1. The SMILES string of the molecule is Cc1ccccc1CC(C)NC(=O)Cn1cc(C(=O)O)nn1. The number of carboxylic acid groups (broad SMARTS) is 1. The fourth-order valence-corrected chi connectivity index (χ4v) is 2.16. The number of nitrogens with zero attached hydrogens (tertiary/aromatic N) is 3. The summed E-state index contributed by atoms with van der Waals surface area (Å²) in [5.74, 6) is -1.40. The molecular weight excluding hydrogens is 284 g/mol. The minimum atomic E-state index is -1.17. The monoisotopic (exact) mass is 302 g/mol. The summed E-state index contributed by atoms with van der Waals surface area (Å²) in [6, 6.07) is 7.99. The summed E-state index contributed by atoms with van der Waals surface area (Å²) in [7, 11) is 0. The van der Waals surface area contributed by atoms with Crippen molar-refractivity contribution >= 4 is 11.9 Å². The average molecular weight is 302 g/mol. The first-order valence-electron chi connectivity index (χ1n) is 6.93. The Morgan fingerprint density at radius 1 is 1.36 bits per heavy atom. The fourth-order valence-electron chi connectivity index (χ4n) is 2.16. The zero-order valence-electron chi connectivity index (χ0n) is 12.5. The van der Waals surface area contributed by atoms with E-state index in [9.17, 15) is 9.59 Å². The number of hydrogen-bond acceptors (Lipinski definition) is 4. The van der Waals surface area contributed by atoms with Crippen LogP contribution in [0.15, 0.2) is 30.5 Å². The van der Waals surface area contributed by atoms with Crippen LogP contribution < -0.4 is 5.32 Å². The van der Waals surface area contributed by atoms with E-state index in [1.165, 1.54) is 22.0 Å². The van der Waals surface area contributed by atoms with Gasteiger partial charge >= 0.3 is 5.97 Å². The van der Waals surface area contributed by atoms with Crippen LogP contribution in [0.5, 0.6) is 0 Å². The van der Waals surface area contributed by atoms with Crippen molar-refractivity contribution in [3.05, 3.63) is 47.3 Å². The number of carbonyl (C=O) groups is 2. The van der Waals surface area contributed by atoms with Crippen LogP contribution in [0.2, 0.25) is 0 Å². The number of nitrogens with one attached hydrogen (secondary N) is 1. The number of rotatable bonds is 6. The van der Waals surface area contributed by atoms with Gasteiger partial charge in [-0.25, -0.2) is 9.48 Å². The molecule has 0 radical (unpaired) electrons. The second-order valence-electron chi connectivity index (χ2n) is 5.21. The van der Waals surface area contributed by atoms with Gasteiger partial charge in [-0.05, 0) is 31.4 Å². The lowest BCUT2D eigenvalue weighted by Crippen LogP contribution is -2.36. The zero-order valence-corrected chi connectivity index (χ0v) is 12.5. The van der Waals surface area contributed by atoms with Gasteiger partial charge in [0.25, 0.3) is 0 Å². The number of amides is 1. The molecule has 0 saturated heterocycles. The summed E-state index contributed by atoms with van der Waals surface area (Å²) in [5, 5.41) is 18.7. The first-order valence-corrected chi connectivity index (χ1v) is 6.93. The maximum absolute atomic E-state index is 11.9. The second-order valence-corrected chi connectivity index (χ2v) is 5.21. The van der Waals surface area contributed by atoms with Crippen LogP contribution in [0.4, 0.5) is 0 Å². The van der Waals surface area contributed by atoms with Crippen molar-refractivity contribution in [2.24, 2.45) is 0 Å². The largest absolute Gasteiger partial charge is 0.476 e. The molecule has 0 bridgehead atoms. The van der Waals surface area contributed by atoms with Gasteiger partial charge in [-0.2, -0.15) is 0 Å². The molecule has 2 N–H and O–H groups in total. The van der Waals surface area contributed by atoms with Gasteiger partial charge in [-0.15, -0.1) is 5.10 Å². The first-order chi connectivity index (χ1) is 10.5. The van der Waals surface area contributed by atoms with Crippen molar-refractivity contribution in [3.63, 3.8) is 0 Å². The molecule has 0 aliphatic rings. The van der Waals surface area contributed by atoms with E-state index in [1.807, 2.05) is 38.1 Å². The summed E-state index contributed by atoms with van der Waals surface area (Å²) >= 11 is 0. The molecule has 0 fully saturated rings. The van der Waals surface area contributed by atoms with E-state index in [4.69, 9.17) is 5.11 Å². The van der Waals surface area contributed by atoms with Crippen molar-refractivity contribution < 1.29 is 14.7 Å². The number of carboxylic acids is 1. The van der Waals surface area contributed by atoms with E-state index in [2.05, 4.69) is 15.6 Å². The average Bonchev–Trinajstić information content (AvgIpc) is 2.89. The number of aryl methyl sites for hydroxylation is 1. The van der Waals surface area contributed by atoms with Gasteiger partial charge in [0, 0.05) is 6.04 Å². The van der Waals surface area contributed by atoms with E-state index in [-0.39, 0.29) is 24.2 Å². The highest BCUT2D eigenvalue weighted by molar-refractivity contribution is 5.84. The maximum Gasteiger partial charge on any atom is 0.358 e. The Kier molecular flexibility index (Phi) is 4.88. The molecule has 1 aromatic heterocycles. The van der Waals surface area contributed by atoms with Crippen LogP contribution in [0.25, 0.3) is 0 Å². The van der Waals surface area contributed by atoms with Crippen LogP contribution in [0.1, 0.15) is 28.5 Å². The molecule has 2 aromatic rings. The Morgan fingerprint density at radius 2 is 2.09 bits per heavy atom. The van der Waals surface area contributed by atoms with Crippen molar-refractivity contribution in [2.75, 3.05) is 0 Å². The smallest absolute Gasteiger partial charge is 0.358 e. The Labute approximate surface area is 128 Å². The Bertz CT molecular complexity index is 681. The number of hydrogen-bond donors (Lipinski definition) is 2. The molecule has 1 amide bonds. The lowest BCUT2D eigenvalue weighted by molar-refractivity contribution is -0.122. The molecule has 2 rings (SSSR count). The van der Waals surface area contributed by atoms with Gasteiger partial charge in [-0.1, -0.05) is 29.5 Å². The predicted octanol–water partition coefficient (Wildman–Crippen LogP) is 1.03. The maximum atomic E-state index is 11.9. The van der Waals surface area contributed by atoms with Gasteiger partial charge in [0.05, 0.1) is 6.20 Å². The summed E-state index contributed by atoms with van der Waals surface area (Å²) in [5.41, 5.74) is 2.19. The quantitative estimate of drug-likeness (QED) is 0.830. The van der Waals surface area contributed by atoms with Crippen molar-refractivity contribution in [1.82, 2.24) is 20.3 Å². The second kappa shape index (κ2) is 6.84. The van der Waals surface area contributed by atoms with Crippen LogP contribution in [0.3, 0.4) is 0 Å². The topological polar surface area (TPSA) is 97.1 Å². The lowest BCUT2D eigenvalue weighted by Gasteiger charge is -2.15. The third kappa shape index (κ3) is 4.15. The Hall–Kier alpha value is -2.70. The summed E-state index contributed by atoms with van der Waals surface area (Å²) in [6.45, 7) is 3.90. The van der Waals surface area contributed by atoms with E-state index in [1.54, 1.807) is 0 Å². The van der Waals surface area contributed by atoms with Gasteiger partial charge in [0.15, 0.2) is 5.69 Å². The zero-order chi connectivity index (χ0) is 16.1. The first kappa shape index (κ1) is 15.7. The Morgan fingerprint density at radius 3 is 2.73 bits per heavy atom. The molecule has 1 unspecified atom stereocenters. The van der Waals surface area contributed by atoms with E-state index in [0.29, 0.717) is 0 Å². The molecule has 7 heteroatoms. The standard InChI is InChI=1S/C15H18N4O3/c1-10-5-3-4-6-12(10)7-11(2)16-14(20)9-19-8-13(15(21)22)17-18-19/h3-6,8,11H,7,9H2,1-2H3,(H,16,20)(H,21,22). The Balaban J connectivity index is 1.88. The van der Waals surface area contributed by atoms with Gasteiger partial charge < -0.3 is 10.4 Å². The van der Waals surface area contributed by atoms with E-state index < -0.39 is 5.97 Å². The molecular formula is C15H18N4O3. The highest BCUT2D eigenvalue weighted by Crippen LogP contribution is 2.09. The number of aromatic nitrogens is 3. The van der Waals surface area contributed by atoms with Gasteiger partial charge in [0.1, 0.15) is 6.54 Å². The molecule has 0 saturated carbocycles. The summed E-state index contributed by atoms with van der Waals surface area (Å²) < 4.78 is 1.21. The predicted molar refractivity (Wildman–Crippen MR) is 79.5 cm³/mol. The number of carbonyl (C=O) groups excluding carboxylic acids is 1. The minimum Gasteiger partial charge on any atom is -0.476 e. The third-order valence-corrected chi connectivity index (χ3v) is 3.26. The van der Waals surface area contributed by atoms with Crippen molar-refractivity contribution in [3.8, 4) is 0 Å². The molecule has 22 heavy (non-hydrogen) atoms. The highest BCUT2D eigenvalue weighted by atomic mass is 16.4.